The summed E-state index contributed by atoms with van der Waals surface area (Å²) < 4.78 is 15.0. The second-order valence-electron chi connectivity index (χ2n) is 3.72. The Labute approximate surface area is 103 Å². The molecule has 2 aromatic rings. The summed E-state index contributed by atoms with van der Waals surface area (Å²) in [5.41, 5.74) is 0.993. The Morgan fingerprint density at radius 2 is 2.29 bits per heavy atom. The third-order valence-corrected chi connectivity index (χ3v) is 2.62. The van der Waals surface area contributed by atoms with Gasteiger partial charge in [0.25, 0.3) is 0 Å². The molecule has 1 aromatic carbocycles. The van der Waals surface area contributed by atoms with Gasteiger partial charge in [0.05, 0.1) is 18.3 Å². The van der Waals surface area contributed by atoms with Crippen LogP contribution >= 0.6 is 11.6 Å². The van der Waals surface area contributed by atoms with Crippen molar-refractivity contribution in [1.82, 2.24) is 9.78 Å². The van der Waals surface area contributed by atoms with Gasteiger partial charge >= 0.3 is 0 Å². The molecule has 0 saturated heterocycles. The van der Waals surface area contributed by atoms with Crippen LogP contribution < -0.4 is 0 Å². The molecule has 0 fully saturated rings. The lowest BCUT2D eigenvalue weighted by Gasteiger charge is -2.03. The van der Waals surface area contributed by atoms with E-state index in [9.17, 15) is 9.18 Å². The highest BCUT2D eigenvalue weighted by Crippen LogP contribution is 2.15. The minimum Gasteiger partial charge on any atom is -0.294 e. The number of aromatic nitrogens is 2. The summed E-state index contributed by atoms with van der Waals surface area (Å²) in [4.78, 5) is 11.1. The molecule has 0 bridgehead atoms. The Kier molecular flexibility index (Phi) is 3.24. The summed E-state index contributed by atoms with van der Waals surface area (Å²) in [5.74, 6) is -0.440. The molecule has 17 heavy (non-hydrogen) atoms. The van der Waals surface area contributed by atoms with E-state index in [0.29, 0.717) is 16.1 Å². The number of benzene rings is 1. The number of hydrogen-bond donors (Lipinski definition) is 0. The van der Waals surface area contributed by atoms with Gasteiger partial charge in [-0.1, -0.05) is 17.7 Å². The van der Waals surface area contributed by atoms with Gasteiger partial charge < -0.3 is 0 Å². The molecule has 0 aliphatic heterocycles. The van der Waals surface area contributed by atoms with E-state index in [1.54, 1.807) is 18.3 Å². The lowest BCUT2D eigenvalue weighted by molar-refractivity contribution is 0.101. The summed E-state index contributed by atoms with van der Waals surface area (Å²) >= 11 is 5.66. The summed E-state index contributed by atoms with van der Waals surface area (Å²) in [6.07, 6.45) is 3.06. The van der Waals surface area contributed by atoms with E-state index in [4.69, 9.17) is 11.6 Å². The Morgan fingerprint density at radius 3 is 2.88 bits per heavy atom. The smallest absolute Gasteiger partial charge is 0.162 e. The first kappa shape index (κ1) is 11.8. The number of carbonyl (C=O) groups is 1. The lowest BCUT2D eigenvalue weighted by Crippen LogP contribution is -2.02. The summed E-state index contributed by atoms with van der Waals surface area (Å²) in [7, 11) is 0. The van der Waals surface area contributed by atoms with Gasteiger partial charge in [0.1, 0.15) is 5.82 Å². The molecule has 0 saturated carbocycles. The van der Waals surface area contributed by atoms with Crippen LogP contribution in [0.2, 0.25) is 5.02 Å². The molecule has 0 N–H and O–H groups in total. The van der Waals surface area contributed by atoms with Crippen LogP contribution in [0, 0.1) is 5.82 Å². The van der Waals surface area contributed by atoms with E-state index in [1.807, 2.05) is 0 Å². The molecule has 0 aliphatic rings. The van der Waals surface area contributed by atoms with Crippen molar-refractivity contribution in [2.75, 3.05) is 0 Å². The number of Topliss-reactive ketones (excluding diaryl/α,β-unsaturated/α-hetero) is 1. The average molecular weight is 253 g/mol. The van der Waals surface area contributed by atoms with Crippen molar-refractivity contribution in [3.05, 3.63) is 52.6 Å². The molecule has 3 nitrogen and oxygen atoms in total. The van der Waals surface area contributed by atoms with Crippen molar-refractivity contribution >= 4 is 17.4 Å². The van der Waals surface area contributed by atoms with Gasteiger partial charge in [0.15, 0.2) is 5.78 Å². The van der Waals surface area contributed by atoms with Crippen LogP contribution in [0.5, 0.6) is 0 Å². The number of hydrogen-bond acceptors (Lipinski definition) is 2. The van der Waals surface area contributed by atoms with E-state index < -0.39 is 0 Å². The fourth-order valence-corrected chi connectivity index (χ4v) is 1.62. The molecule has 1 heterocycles. The van der Waals surface area contributed by atoms with Gasteiger partial charge in [0, 0.05) is 16.8 Å². The third kappa shape index (κ3) is 2.71. The van der Waals surface area contributed by atoms with Gasteiger partial charge in [-0.3, -0.25) is 9.48 Å². The van der Waals surface area contributed by atoms with Crippen LogP contribution in [0.4, 0.5) is 4.39 Å². The quantitative estimate of drug-likeness (QED) is 0.788. The molecular weight excluding hydrogens is 243 g/mol. The number of ketones is 1. The zero-order valence-corrected chi connectivity index (χ0v) is 9.91. The first-order valence-corrected chi connectivity index (χ1v) is 5.41. The van der Waals surface area contributed by atoms with Gasteiger partial charge in [-0.25, -0.2) is 4.39 Å². The van der Waals surface area contributed by atoms with E-state index >= 15 is 0 Å². The van der Waals surface area contributed by atoms with Crippen LogP contribution in [0.1, 0.15) is 22.8 Å². The predicted molar refractivity (Wildman–Crippen MR) is 62.7 cm³/mol. The molecule has 0 unspecified atom stereocenters. The maximum atomic E-state index is 13.5. The monoisotopic (exact) mass is 252 g/mol. The van der Waals surface area contributed by atoms with E-state index in [2.05, 4.69) is 5.10 Å². The fourth-order valence-electron chi connectivity index (χ4n) is 1.46. The van der Waals surface area contributed by atoms with E-state index in [1.165, 1.54) is 23.9 Å². The number of rotatable bonds is 3. The number of nitrogens with zero attached hydrogens (tertiary/aromatic N) is 2. The lowest BCUT2D eigenvalue weighted by atomic mass is 10.2. The summed E-state index contributed by atoms with van der Waals surface area (Å²) in [5, 5.41) is 4.35. The van der Waals surface area contributed by atoms with Crippen LogP contribution in [-0.4, -0.2) is 15.6 Å². The maximum Gasteiger partial charge on any atom is 0.162 e. The normalized spacial score (nSPS) is 10.5. The molecule has 0 spiro atoms. The first-order chi connectivity index (χ1) is 8.06. The van der Waals surface area contributed by atoms with Crippen LogP contribution in [0.3, 0.4) is 0 Å². The highest BCUT2D eigenvalue weighted by molar-refractivity contribution is 6.30. The maximum absolute atomic E-state index is 13.5. The highest BCUT2D eigenvalue weighted by Gasteiger charge is 2.07. The molecule has 0 radical (unpaired) electrons. The second kappa shape index (κ2) is 4.67. The van der Waals surface area contributed by atoms with Crippen molar-refractivity contribution in [2.45, 2.75) is 13.5 Å². The van der Waals surface area contributed by atoms with Crippen molar-refractivity contribution in [3.8, 4) is 0 Å². The van der Waals surface area contributed by atoms with Crippen LogP contribution in [0.25, 0.3) is 0 Å². The van der Waals surface area contributed by atoms with E-state index in [0.717, 1.165) is 0 Å². The average Bonchev–Trinajstić information content (AvgIpc) is 2.71. The highest BCUT2D eigenvalue weighted by atomic mass is 35.5. The fraction of sp³-hybridized carbons (Fsp3) is 0.167. The summed E-state index contributed by atoms with van der Waals surface area (Å²) in [6, 6.07) is 4.48. The molecule has 0 amide bonds. The molecule has 5 heteroatoms. The first-order valence-electron chi connectivity index (χ1n) is 5.03. The molecule has 0 atom stereocenters. The minimum absolute atomic E-state index is 0.0622. The zero-order chi connectivity index (χ0) is 12.4. The van der Waals surface area contributed by atoms with Crippen LogP contribution in [0.15, 0.2) is 30.6 Å². The largest absolute Gasteiger partial charge is 0.294 e. The molecule has 88 valence electrons. The van der Waals surface area contributed by atoms with Crippen molar-refractivity contribution < 1.29 is 9.18 Å². The Hall–Kier alpha value is -1.68. The molecule has 0 aliphatic carbocycles. The SMILES string of the molecule is CC(=O)c1cnn(Cc2ccc(Cl)cc2F)c1. The Balaban J connectivity index is 2.22. The topological polar surface area (TPSA) is 34.9 Å². The Morgan fingerprint density at radius 1 is 1.53 bits per heavy atom. The number of carbonyl (C=O) groups excluding carboxylic acids is 1. The van der Waals surface area contributed by atoms with Gasteiger partial charge in [-0.05, 0) is 19.1 Å². The van der Waals surface area contributed by atoms with Gasteiger partial charge in [-0.2, -0.15) is 5.10 Å². The van der Waals surface area contributed by atoms with Crippen LogP contribution in [-0.2, 0) is 6.54 Å². The van der Waals surface area contributed by atoms with E-state index in [-0.39, 0.29) is 18.1 Å². The Bertz CT molecular complexity index is 565. The van der Waals surface area contributed by atoms with Crippen molar-refractivity contribution in [1.29, 1.82) is 0 Å². The summed E-state index contributed by atoms with van der Waals surface area (Å²) in [6.45, 7) is 1.74. The van der Waals surface area contributed by atoms with Gasteiger partial charge in [0.2, 0.25) is 0 Å². The number of halogens is 2. The van der Waals surface area contributed by atoms with Crippen molar-refractivity contribution in [3.63, 3.8) is 0 Å². The molecular formula is C12H10ClFN2O. The van der Waals surface area contributed by atoms with Gasteiger partial charge in [-0.15, -0.1) is 0 Å². The second-order valence-corrected chi connectivity index (χ2v) is 4.15. The minimum atomic E-state index is -0.377. The third-order valence-electron chi connectivity index (χ3n) is 2.39. The zero-order valence-electron chi connectivity index (χ0n) is 9.15. The standard InChI is InChI=1S/C12H10ClFN2O/c1-8(17)10-5-15-16(7-10)6-9-2-3-11(13)4-12(9)14/h2-5,7H,6H2,1H3. The molecule has 2 rings (SSSR count). The molecule has 1 aromatic heterocycles. The predicted octanol–water partition coefficient (Wildman–Crippen LogP) is 2.93. The van der Waals surface area contributed by atoms with Crippen molar-refractivity contribution in [2.24, 2.45) is 0 Å².